The van der Waals surface area contributed by atoms with Crippen molar-refractivity contribution in [3.63, 3.8) is 0 Å². The van der Waals surface area contributed by atoms with Gasteiger partial charge >= 0.3 is 0 Å². The van der Waals surface area contributed by atoms with Crippen molar-refractivity contribution in [3.05, 3.63) is 35.0 Å². The fraction of sp³-hybridized carbons (Fsp3) is 0.222. The fourth-order valence-corrected chi connectivity index (χ4v) is 2.05. The number of rotatable bonds is 2. The molecular formula is C18H15N5O. The van der Waals surface area contributed by atoms with Gasteiger partial charge in [0, 0.05) is 24.0 Å². The number of nitrogens with one attached hydrogen (secondary N) is 1. The van der Waals surface area contributed by atoms with Gasteiger partial charge in [-0.25, -0.2) is 0 Å². The summed E-state index contributed by atoms with van der Waals surface area (Å²) < 4.78 is 4.83. The summed E-state index contributed by atoms with van der Waals surface area (Å²) in [6, 6.07) is 14.2. The van der Waals surface area contributed by atoms with Crippen molar-refractivity contribution in [1.29, 1.82) is 21.0 Å². The highest BCUT2D eigenvalue weighted by Gasteiger charge is 2.07. The molecule has 6 heteroatoms. The first-order valence-electron chi connectivity index (χ1n) is 7.21. The average Bonchev–Trinajstić information content (AvgIpc) is 2.99. The molecule has 0 saturated carbocycles. The lowest BCUT2D eigenvalue weighted by molar-refractivity contribution is 0.162. The Kier molecular flexibility index (Phi) is 7.26. The van der Waals surface area contributed by atoms with Crippen LogP contribution in [0.25, 0.3) is 21.9 Å². The second-order valence-electron chi connectivity index (χ2n) is 4.40. The molecular weight excluding hydrogens is 302 g/mol. The van der Waals surface area contributed by atoms with Crippen molar-refractivity contribution in [2.75, 3.05) is 13.2 Å². The van der Waals surface area contributed by atoms with E-state index in [4.69, 9.17) is 25.8 Å². The second kappa shape index (κ2) is 9.44. The predicted octanol–water partition coefficient (Wildman–Crippen LogP) is 1.61. The van der Waals surface area contributed by atoms with Gasteiger partial charge in [0.1, 0.15) is 24.3 Å². The molecule has 6 nitrogen and oxygen atoms in total. The molecule has 1 heterocycles. The van der Waals surface area contributed by atoms with Crippen molar-refractivity contribution < 1.29 is 4.74 Å². The summed E-state index contributed by atoms with van der Waals surface area (Å²) in [5.74, 6) is 0. The van der Waals surface area contributed by atoms with Crippen LogP contribution in [0, 0.1) is 45.3 Å². The van der Waals surface area contributed by atoms with Crippen LogP contribution < -0.4 is 10.7 Å². The molecule has 0 fully saturated rings. The van der Waals surface area contributed by atoms with E-state index in [1.807, 2.05) is 13.8 Å². The van der Waals surface area contributed by atoms with Crippen LogP contribution in [0.15, 0.2) is 24.3 Å². The molecule has 0 aliphatic rings. The molecule has 1 aromatic carbocycles. The minimum absolute atomic E-state index is 0.0855. The van der Waals surface area contributed by atoms with Gasteiger partial charge in [0.25, 0.3) is 0 Å². The van der Waals surface area contributed by atoms with E-state index in [0.29, 0.717) is 21.5 Å². The zero-order valence-corrected chi connectivity index (χ0v) is 13.4. The average molecular weight is 317 g/mol. The molecule has 2 rings (SSSR count). The summed E-state index contributed by atoms with van der Waals surface area (Å²) in [4.78, 5) is 2.83. The van der Waals surface area contributed by atoms with Gasteiger partial charge in [0.05, 0.1) is 10.7 Å². The van der Waals surface area contributed by atoms with E-state index in [-0.39, 0.29) is 11.1 Å². The normalized spacial score (nSPS) is 8.75. The molecule has 2 aromatic rings. The molecule has 1 aromatic heterocycles. The highest BCUT2D eigenvalue weighted by atomic mass is 16.5. The first-order chi connectivity index (χ1) is 11.7. The fourth-order valence-electron chi connectivity index (χ4n) is 2.05. The smallest absolute Gasteiger partial charge is 0.153 e. The summed E-state index contributed by atoms with van der Waals surface area (Å²) in [7, 11) is 0. The zero-order valence-electron chi connectivity index (χ0n) is 13.4. The van der Waals surface area contributed by atoms with E-state index in [9.17, 15) is 0 Å². The summed E-state index contributed by atoms with van der Waals surface area (Å²) in [6.45, 7) is 5.67. The van der Waals surface area contributed by atoms with Crippen LogP contribution in [0.3, 0.4) is 0 Å². The maximum Gasteiger partial charge on any atom is 0.153 e. The number of fused-ring (bicyclic) bond motifs is 1. The largest absolute Gasteiger partial charge is 0.382 e. The number of hydrogen-bond acceptors (Lipinski definition) is 5. The summed E-state index contributed by atoms with van der Waals surface area (Å²) in [5, 5.41) is 37.7. The van der Waals surface area contributed by atoms with Crippen molar-refractivity contribution in [1.82, 2.24) is 4.98 Å². The minimum Gasteiger partial charge on any atom is -0.382 e. The van der Waals surface area contributed by atoms with Gasteiger partial charge in [-0.2, -0.15) is 21.0 Å². The molecule has 0 unspecified atom stereocenters. The maximum atomic E-state index is 8.93. The number of aromatic nitrogens is 1. The molecule has 24 heavy (non-hydrogen) atoms. The highest BCUT2D eigenvalue weighted by Crippen LogP contribution is 2.06. The second-order valence-corrected chi connectivity index (χ2v) is 4.40. The Bertz CT molecular complexity index is 891. The van der Waals surface area contributed by atoms with Crippen molar-refractivity contribution >= 4 is 21.9 Å². The Hall–Kier alpha value is -3.58. The van der Waals surface area contributed by atoms with Gasteiger partial charge in [-0.1, -0.05) is 24.3 Å². The SMILES string of the molecule is CCOCC.N#CC(C#N)=c1[nH]c(=C(C#N)C#N)c2ccccc12. The third kappa shape index (κ3) is 3.99. The Morgan fingerprint density at radius 1 is 0.833 bits per heavy atom. The van der Waals surface area contributed by atoms with Crippen LogP contribution in [-0.2, 0) is 4.74 Å². The van der Waals surface area contributed by atoms with Crippen molar-refractivity contribution in [3.8, 4) is 24.3 Å². The van der Waals surface area contributed by atoms with E-state index >= 15 is 0 Å². The number of H-pyrrole nitrogens is 1. The van der Waals surface area contributed by atoms with Gasteiger partial charge in [0.15, 0.2) is 11.1 Å². The molecule has 0 aliphatic carbocycles. The van der Waals surface area contributed by atoms with Gasteiger partial charge in [-0.15, -0.1) is 0 Å². The van der Waals surface area contributed by atoms with E-state index < -0.39 is 0 Å². The number of ether oxygens (including phenoxy) is 1. The molecule has 0 spiro atoms. The molecule has 0 aliphatic heterocycles. The standard InChI is InChI=1S/C14H5N5.C4H10O/c15-5-9(6-16)13-11-3-1-2-4-12(11)14(19-13)10(7-17)8-18;1-3-5-4-2/h1-4,19H;3-4H2,1-2H3. The summed E-state index contributed by atoms with van der Waals surface area (Å²) in [6.07, 6.45) is 0. The number of benzene rings is 1. The Morgan fingerprint density at radius 3 is 1.46 bits per heavy atom. The Balaban J connectivity index is 0.000000505. The molecule has 118 valence electrons. The van der Waals surface area contributed by atoms with Gasteiger partial charge in [-0.05, 0) is 13.8 Å². The monoisotopic (exact) mass is 317 g/mol. The quantitative estimate of drug-likeness (QED) is 0.902. The van der Waals surface area contributed by atoms with Gasteiger partial charge in [-0.3, -0.25) is 0 Å². The van der Waals surface area contributed by atoms with Gasteiger partial charge < -0.3 is 9.72 Å². The third-order valence-corrected chi connectivity index (χ3v) is 3.07. The predicted molar refractivity (Wildman–Crippen MR) is 89.0 cm³/mol. The summed E-state index contributed by atoms with van der Waals surface area (Å²) in [5.41, 5.74) is -0.171. The van der Waals surface area contributed by atoms with Crippen LogP contribution in [0.4, 0.5) is 0 Å². The number of aromatic amines is 1. The molecule has 0 saturated heterocycles. The van der Waals surface area contributed by atoms with E-state index in [0.717, 1.165) is 13.2 Å². The summed E-state index contributed by atoms with van der Waals surface area (Å²) >= 11 is 0. The van der Waals surface area contributed by atoms with Crippen LogP contribution in [0.1, 0.15) is 13.8 Å². The molecule has 0 amide bonds. The molecule has 0 bridgehead atoms. The topological polar surface area (TPSA) is 120 Å². The first-order valence-corrected chi connectivity index (χ1v) is 7.21. The first kappa shape index (κ1) is 18.5. The number of hydrogen-bond donors (Lipinski definition) is 1. The lowest BCUT2D eigenvalue weighted by atomic mass is 10.1. The maximum absolute atomic E-state index is 8.93. The van der Waals surface area contributed by atoms with Crippen molar-refractivity contribution in [2.45, 2.75) is 13.8 Å². The Morgan fingerprint density at radius 2 is 1.21 bits per heavy atom. The third-order valence-electron chi connectivity index (χ3n) is 3.07. The number of nitrogens with zero attached hydrogens (tertiary/aromatic N) is 4. The zero-order chi connectivity index (χ0) is 17.9. The van der Waals surface area contributed by atoms with Crippen LogP contribution in [-0.4, -0.2) is 18.2 Å². The molecule has 0 radical (unpaired) electrons. The van der Waals surface area contributed by atoms with E-state index in [1.54, 1.807) is 48.5 Å². The van der Waals surface area contributed by atoms with Crippen LogP contribution >= 0.6 is 0 Å². The molecule has 1 N–H and O–H groups in total. The van der Waals surface area contributed by atoms with Gasteiger partial charge in [0.2, 0.25) is 0 Å². The highest BCUT2D eigenvalue weighted by molar-refractivity contribution is 5.91. The number of nitriles is 4. The van der Waals surface area contributed by atoms with E-state index in [1.165, 1.54) is 0 Å². The van der Waals surface area contributed by atoms with Crippen LogP contribution in [0.5, 0.6) is 0 Å². The Labute approximate surface area is 139 Å². The van der Waals surface area contributed by atoms with Crippen LogP contribution in [0.2, 0.25) is 0 Å². The molecule has 0 atom stereocenters. The van der Waals surface area contributed by atoms with Crippen molar-refractivity contribution in [2.24, 2.45) is 0 Å². The van der Waals surface area contributed by atoms with E-state index in [2.05, 4.69) is 4.98 Å². The lowest BCUT2D eigenvalue weighted by Gasteiger charge is -1.87. The lowest BCUT2D eigenvalue weighted by Crippen LogP contribution is -2.14. The minimum atomic E-state index is -0.0855.